The van der Waals surface area contributed by atoms with Gasteiger partial charge in [0.05, 0.1) is 6.54 Å². The van der Waals surface area contributed by atoms with Gasteiger partial charge >= 0.3 is 0 Å². The van der Waals surface area contributed by atoms with Gasteiger partial charge in [0.25, 0.3) is 5.91 Å². The van der Waals surface area contributed by atoms with Crippen LogP contribution in [-0.2, 0) is 19.0 Å². The first-order valence-electron chi connectivity index (χ1n) is 6.84. The van der Waals surface area contributed by atoms with Crippen LogP contribution in [0.25, 0.3) is 0 Å². The quantitative estimate of drug-likeness (QED) is 0.884. The molecule has 2 aromatic heterocycles. The van der Waals surface area contributed by atoms with Crippen molar-refractivity contribution in [2.75, 3.05) is 0 Å². The standard InChI is InChI=1S/C16H20ClN3O/c1-16(2,3)13-8-11(9-14(17)19-13)15(21)18-10-12-6-5-7-20(12)4/h5-9H,10H2,1-4H3,(H,18,21). The van der Waals surface area contributed by atoms with Crippen molar-refractivity contribution in [1.82, 2.24) is 14.9 Å². The summed E-state index contributed by atoms with van der Waals surface area (Å²) >= 11 is 6.03. The van der Waals surface area contributed by atoms with E-state index < -0.39 is 0 Å². The van der Waals surface area contributed by atoms with E-state index in [2.05, 4.69) is 10.3 Å². The van der Waals surface area contributed by atoms with Crippen LogP contribution in [0.4, 0.5) is 0 Å². The van der Waals surface area contributed by atoms with E-state index in [-0.39, 0.29) is 11.3 Å². The van der Waals surface area contributed by atoms with E-state index in [1.807, 2.05) is 50.7 Å². The van der Waals surface area contributed by atoms with E-state index in [0.717, 1.165) is 11.4 Å². The molecule has 0 unspecified atom stereocenters. The Morgan fingerprint density at radius 1 is 1.38 bits per heavy atom. The number of rotatable bonds is 3. The molecule has 0 fully saturated rings. The van der Waals surface area contributed by atoms with Gasteiger partial charge in [-0.3, -0.25) is 4.79 Å². The molecule has 4 nitrogen and oxygen atoms in total. The van der Waals surface area contributed by atoms with Crippen LogP contribution < -0.4 is 5.32 Å². The molecule has 0 bridgehead atoms. The molecule has 112 valence electrons. The number of carbonyl (C=O) groups is 1. The molecule has 0 radical (unpaired) electrons. The highest BCUT2D eigenvalue weighted by Gasteiger charge is 2.19. The molecule has 21 heavy (non-hydrogen) atoms. The van der Waals surface area contributed by atoms with Crippen molar-refractivity contribution in [3.8, 4) is 0 Å². The minimum Gasteiger partial charge on any atom is -0.353 e. The van der Waals surface area contributed by atoms with Gasteiger partial charge in [-0.05, 0) is 24.3 Å². The fourth-order valence-electron chi connectivity index (χ4n) is 1.97. The van der Waals surface area contributed by atoms with E-state index in [9.17, 15) is 4.79 Å². The first-order chi connectivity index (χ1) is 9.77. The molecule has 0 saturated carbocycles. The molecule has 0 aliphatic rings. The summed E-state index contributed by atoms with van der Waals surface area (Å²) in [6, 6.07) is 7.31. The Labute approximate surface area is 130 Å². The second-order valence-corrected chi connectivity index (χ2v) is 6.49. The smallest absolute Gasteiger partial charge is 0.251 e. The fourth-order valence-corrected chi connectivity index (χ4v) is 2.17. The Hall–Kier alpha value is -1.81. The monoisotopic (exact) mass is 305 g/mol. The van der Waals surface area contributed by atoms with Crippen LogP contribution in [0.5, 0.6) is 0 Å². The van der Waals surface area contributed by atoms with Gasteiger partial charge in [0, 0.05) is 35.6 Å². The zero-order valence-corrected chi connectivity index (χ0v) is 13.5. The molecule has 0 saturated heterocycles. The first-order valence-corrected chi connectivity index (χ1v) is 7.21. The normalized spacial score (nSPS) is 11.5. The average Bonchev–Trinajstić information content (AvgIpc) is 2.79. The van der Waals surface area contributed by atoms with Gasteiger partial charge < -0.3 is 9.88 Å². The molecule has 0 aromatic carbocycles. The van der Waals surface area contributed by atoms with Crippen LogP contribution in [-0.4, -0.2) is 15.5 Å². The number of pyridine rings is 1. The number of hydrogen-bond acceptors (Lipinski definition) is 2. The van der Waals surface area contributed by atoms with Gasteiger partial charge in [0.15, 0.2) is 0 Å². The number of nitrogens with zero attached hydrogens (tertiary/aromatic N) is 2. The van der Waals surface area contributed by atoms with Crippen molar-refractivity contribution in [3.05, 3.63) is 52.6 Å². The fraction of sp³-hybridized carbons (Fsp3) is 0.375. The highest BCUT2D eigenvalue weighted by molar-refractivity contribution is 6.29. The lowest BCUT2D eigenvalue weighted by molar-refractivity contribution is 0.0950. The number of aromatic nitrogens is 2. The maximum atomic E-state index is 12.3. The Balaban J connectivity index is 2.16. The van der Waals surface area contributed by atoms with E-state index in [1.165, 1.54) is 0 Å². The minimum absolute atomic E-state index is 0.147. The Kier molecular flexibility index (Phi) is 4.37. The summed E-state index contributed by atoms with van der Waals surface area (Å²) in [5.41, 5.74) is 2.23. The lowest BCUT2D eigenvalue weighted by atomic mass is 9.91. The van der Waals surface area contributed by atoms with Crippen molar-refractivity contribution in [2.24, 2.45) is 7.05 Å². The molecule has 1 N–H and O–H groups in total. The molecule has 2 rings (SSSR count). The number of aryl methyl sites for hydroxylation is 1. The number of amides is 1. The predicted octanol–water partition coefficient (Wildman–Crippen LogP) is 3.30. The minimum atomic E-state index is -0.155. The Morgan fingerprint density at radius 2 is 2.10 bits per heavy atom. The molecule has 1 amide bonds. The van der Waals surface area contributed by atoms with Gasteiger partial charge in [0.2, 0.25) is 0 Å². The van der Waals surface area contributed by atoms with Crippen molar-refractivity contribution in [3.63, 3.8) is 0 Å². The topological polar surface area (TPSA) is 46.9 Å². The lowest BCUT2D eigenvalue weighted by Gasteiger charge is -2.18. The molecule has 5 heteroatoms. The van der Waals surface area contributed by atoms with Crippen molar-refractivity contribution < 1.29 is 4.79 Å². The van der Waals surface area contributed by atoms with E-state index in [1.54, 1.807) is 12.1 Å². The van der Waals surface area contributed by atoms with Crippen LogP contribution in [0.3, 0.4) is 0 Å². The number of halogens is 1. The summed E-state index contributed by atoms with van der Waals surface area (Å²) in [5.74, 6) is -0.147. The van der Waals surface area contributed by atoms with Crippen molar-refractivity contribution in [1.29, 1.82) is 0 Å². The van der Waals surface area contributed by atoms with Crippen LogP contribution in [0, 0.1) is 0 Å². The third-order valence-electron chi connectivity index (χ3n) is 3.31. The molecule has 0 atom stereocenters. The highest BCUT2D eigenvalue weighted by atomic mass is 35.5. The van der Waals surface area contributed by atoms with Gasteiger partial charge in [-0.15, -0.1) is 0 Å². The summed E-state index contributed by atoms with van der Waals surface area (Å²) < 4.78 is 1.97. The molecule has 0 aliphatic heterocycles. The van der Waals surface area contributed by atoms with Gasteiger partial charge in [-0.2, -0.15) is 0 Å². The Morgan fingerprint density at radius 3 is 2.67 bits per heavy atom. The number of hydrogen-bond donors (Lipinski definition) is 1. The van der Waals surface area contributed by atoms with E-state index >= 15 is 0 Å². The zero-order chi connectivity index (χ0) is 15.6. The van der Waals surface area contributed by atoms with Crippen molar-refractivity contribution >= 4 is 17.5 Å². The van der Waals surface area contributed by atoms with Crippen LogP contribution >= 0.6 is 11.6 Å². The Bertz CT molecular complexity index is 656. The lowest BCUT2D eigenvalue weighted by Crippen LogP contribution is -2.25. The van der Waals surface area contributed by atoms with Gasteiger partial charge in [-0.1, -0.05) is 32.4 Å². The summed E-state index contributed by atoms with van der Waals surface area (Å²) in [6.07, 6.45) is 1.95. The summed E-state index contributed by atoms with van der Waals surface area (Å²) in [7, 11) is 1.95. The molecule has 2 aromatic rings. The second kappa shape index (κ2) is 5.90. The number of nitrogens with one attached hydrogen (secondary N) is 1. The maximum absolute atomic E-state index is 12.3. The maximum Gasteiger partial charge on any atom is 0.251 e. The highest BCUT2D eigenvalue weighted by Crippen LogP contribution is 2.23. The molecule has 0 aliphatic carbocycles. The van der Waals surface area contributed by atoms with E-state index in [0.29, 0.717) is 17.3 Å². The summed E-state index contributed by atoms with van der Waals surface area (Å²) in [4.78, 5) is 16.6. The van der Waals surface area contributed by atoms with Gasteiger partial charge in [-0.25, -0.2) is 4.98 Å². The van der Waals surface area contributed by atoms with Crippen molar-refractivity contribution in [2.45, 2.75) is 32.7 Å². The molecule has 0 spiro atoms. The second-order valence-electron chi connectivity index (χ2n) is 6.11. The van der Waals surface area contributed by atoms with E-state index in [4.69, 9.17) is 11.6 Å². The van der Waals surface area contributed by atoms with Crippen LogP contribution in [0.2, 0.25) is 5.15 Å². The van der Waals surface area contributed by atoms with Crippen LogP contribution in [0.15, 0.2) is 30.5 Å². The van der Waals surface area contributed by atoms with Gasteiger partial charge in [0.1, 0.15) is 5.15 Å². The SMILES string of the molecule is Cn1cccc1CNC(=O)c1cc(Cl)nc(C(C)(C)C)c1. The molecule has 2 heterocycles. The van der Waals surface area contributed by atoms with Crippen LogP contribution in [0.1, 0.15) is 42.5 Å². The third-order valence-corrected chi connectivity index (χ3v) is 3.50. The largest absolute Gasteiger partial charge is 0.353 e. The summed E-state index contributed by atoms with van der Waals surface area (Å²) in [5, 5.41) is 3.24. The number of carbonyl (C=O) groups excluding carboxylic acids is 1. The molecular formula is C16H20ClN3O. The predicted molar refractivity (Wildman–Crippen MR) is 84.5 cm³/mol. The third kappa shape index (κ3) is 3.85. The first kappa shape index (κ1) is 15.6. The zero-order valence-electron chi connectivity index (χ0n) is 12.8. The molecular weight excluding hydrogens is 286 g/mol. The summed E-state index contributed by atoms with van der Waals surface area (Å²) in [6.45, 7) is 6.60. The average molecular weight is 306 g/mol.